The molecular weight excluding hydrogens is 248 g/mol. The van der Waals surface area contributed by atoms with Crippen LogP contribution < -0.4 is 9.47 Å². The van der Waals surface area contributed by atoms with Crippen molar-refractivity contribution in [3.05, 3.63) is 23.8 Å². The van der Waals surface area contributed by atoms with Crippen LogP contribution in [0.4, 0.5) is 0 Å². The lowest BCUT2D eigenvalue weighted by atomic mass is 10.1. The summed E-state index contributed by atoms with van der Waals surface area (Å²) in [6.07, 6.45) is 0.334. The van der Waals surface area contributed by atoms with Gasteiger partial charge in [0, 0.05) is 6.61 Å². The molecule has 1 unspecified atom stereocenters. The number of fused-ring (bicyclic) bond motifs is 1. The highest BCUT2D eigenvalue weighted by Gasteiger charge is 2.16. The summed E-state index contributed by atoms with van der Waals surface area (Å²) in [5.41, 5.74) is 0.763. The lowest BCUT2D eigenvalue weighted by molar-refractivity contribution is 0.00322. The molecule has 1 aromatic carbocycles. The van der Waals surface area contributed by atoms with Crippen molar-refractivity contribution >= 4 is 0 Å². The second-order valence-electron chi connectivity index (χ2n) is 4.32. The lowest BCUT2D eigenvalue weighted by Crippen LogP contribution is -2.11. The van der Waals surface area contributed by atoms with Crippen LogP contribution in [-0.4, -0.2) is 38.3 Å². The Morgan fingerprint density at radius 3 is 2.79 bits per heavy atom. The Hall–Kier alpha value is -1.30. The number of rotatable bonds is 8. The van der Waals surface area contributed by atoms with Crippen molar-refractivity contribution in [1.82, 2.24) is 0 Å². The van der Waals surface area contributed by atoms with Crippen molar-refractivity contribution in [1.29, 1.82) is 0 Å². The second-order valence-corrected chi connectivity index (χ2v) is 4.32. The highest BCUT2D eigenvalue weighted by atomic mass is 16.7. The Morgan fingerprint density at radius 2 is 1.95 bits per heavy atom. The van der Waals surface area contributed by atoms with E-state index in [9.17, 15) is 5.11 Å². The maximum atomic E-state index is 9.99. The average Bonchev–Trinajstić information content (AvgIpc) is 2.89. The van der Waals surface area contributed by atoms with Crippen LogP contribution in [0.5, 0.6) is 11.5 Å². The summed E-state index contributed by atoms with van der Waals surface area (Å²) < 4.78 is 21.1. The zero-order chi connectivity index (χ0) is 13.5. The maximum absolute atomic E-state index is 9.99. The summed E-state index contributed by atoms with van der Waals surface area (Å²) in [6.45, 7) is 4.33. The van der Waals surface area contributed by atoms with Gasteiger partial charge in [-0.15, -0.1) is 0 Å². The highest BCUT2D eigenvalue weighted by Crippen LogP contribution is 2.34. The van der Waals surface area contributed by atoms with Gasteiger partial charge in [-0.2, -0.15) is 0 Å². The van der Waals surface area contributed by atoms with Crippen molar-refractivity contribution in [3.63, 3.8) is 0 Å². The molecule has 0 aliphatic carbocycles. The minimum atomic E-state index is -0.666. The first kappa shape index (κ1) is 14.1. The Balaban J connectivity index is 1.72. The third-order valence-electron chi connectivity index (χ3n) is 2.78. The van der Waals surface area contributed by atoms with Gasteiger partial charge in [-0.3, -0.25) is 0 Å². The Bertz CT molecular complexity index is 393. The van der Waals surface area contributed by atoms with Crippen LogP contribution in [0, 0.1) is 0 Å². The summed E-state index contributed by atoms with van der Waals surface area (Å²) in [5.74, 6) is 1.38. The standard InChI is InChI=1S/C14H20O5/c1-2-5-16-6-7-17-9-12(15)11-3-4-13-14(8-11)19-10-18-13/h3-4,8,12,15H,2,5-7,9-10H2,1H3. The number of hydrogen-bond acceptors (Lipinski definition) is 5. The van der Waals surface area contributed by atoms with Crippen LogP contribution >= 0.6 is 0 Å². The van der Waals surface area contributed by atoms with Crippen LogP contribution in [-0.2, 0) is 9.47 Å². The number of hydrogen-bond donors (Lipinski definition) is 1. The molecule has 2 rings (SSSR count). The number of benzene rings is 1. The van der Waals surface area contributed by atoms with E-state index in [1.165, 1.54) is 0 Å². The summed E-state index contributed by atoms with van der Waals surface area (Å²) in [4.78, 5) is 0. The van der Waals surface area contributed by atoms with Gasteiger partial charge in [0.25, 0.3) is 0 Å². The molecule has 0 bridgehead atoms. The zero-order valence-electron chi connectivity index (χ0n) is 11.1. The molecule has 0 radical (unpaired) electrons. The topological polar surface area (TPSA) is 57.2 Å². The molecule has 0 saturated heterocycles. The Morgan fingerprint density at radius 1 is 1.16 bits per heavy atom. The first-order valence-electron chi connectivity index (χ1n) is 6.54. The van der Waals surface area contributed by atoms with Crippen LogP contribution in [0.1, 0.15) is 25.0 Å². The number of aliphatic hydroxyl groups is 1. The summed E-state index contributed by atoms with van der Waals surface area (Å²) >= 11 is 0. The van der Waals surface area contributed by atoms with Gasteiger partial charge in [0.2, 0.25) is 6.79 Å². The zero-order valence-corrected chi connectivity index (χ0v) is 11.1. The molecular formula is C14H20O5. The Labute approximate surface area is 113 Å². The van der Waals surface area contributed by atoms with Gasteiger partial charge in [0.1, 0.15) is 6.10 Å². The molecule has 5 nitrogen and oxygen atoms in total. The molecule has 1 aromatic rings. The lowest BCUT2D eigenvalue weighted by Gasteiger charge is -2.12. The first-order chi connectivity index (χ1) is 9.31. The van der Waals surface area contributed by atoms with E-state index in [4.69, 9.17) is 18.9 Å². The van der Waals surface area contributed by atoms with Gasteiger partial charge in [0.05, 0.1) is 19.8 Å². The molecule has 1 heterocycles. The fraction of sp³-hybridized carbons (Fsp3) is 0.571. The molecule has 1 aliphatic heterocycles. The van der Waals surface area contributed by atoms with Crippen LogP contribution in [0.2, 0.25) is 0 Å². The van der Waals surface area contributed by atoms with E-state index in [-0.39, 0.29) is 13.4 Å². The number of ether oxygens (including phenoxy) is 4. The van der Waals surface area contributed by atoms with E-state index < -0.39 is 6.10 Å². The van der Waals surface area contributed by atoms with Crippen molar-refractivity contribution < 1.29 is 24.1 Å². The molecule has 1 atom stereocenters. The van der Waals surface area contributed by atoms with Crippen molar-refractivity contribution in [2.24, 2.45) is 0 Å². The fourth-order valence-electron chi connectivity index (χ4n) is 1.78. The quantitative estimate of drug-likeness (QED) is 0.730. The van der Waals surface area contributed by atoms with Gasteiger partial charge >= 0.3 is 0 Å². The summed E-state index contributed by atoms with van der Waals surface area (Å²) in [5, 5.41) is 9.99. The van der Waals surface area contributed by atoms with E-state index in [2.05, 4.69) is 6.92 Å². The largest absolute Gasteiger partial charge is 0.454 e. The molecule has 19 heavy (non-hydrogen) atoms. The van der Waals surface area contributed by atoms with Gasteiger partial charge in [-0.1, -0.05) is 13.0 Å². The van der Waals surface area contributed by atoms with Gasteiger partial charge < -0.3 is 24.1 Å². The van der Waals surface area contributed by atoms with E-state index in [0.717, 1.165) is 18.6 Å². The van der Waals surface area contributed by atoms with Gasteiger partial charge in [-0.25, -0.2) is 0 Å². The molecule has 5 heteroatoms. The van der Waals surface area contributed by atoms with Gasteiger partial charge in [0.15, 0.2) is 11.5 Å². The SMILES string of the molecule is CCCOCCOCC(O)c1ccc2c(c1)OCO2. The van der Waals surface area contributed by atoms with Crippen LogP contribution in [0.3, 0.4) is 0 Å². The second kappa shape index (κ2) is 7.33. The minimum absolute atomic E-state index is 0.236. The third-order valence-corrected chi connectivity index (χ3v) is 2.78. The average molecular weight is 268 g/mol. The minimum Gasteiger partial charge on any atom is -0.454 e. The molecule has 0 amide bonds. The highest BCUT2D eigenvalue weighted by molar-refractivity contribution is 5.45. The summed E-state index contributed by atoms with van der Waals surface area (Å²) in [6, 6.07) is 5.39. The summed E-state index contributed by atoms with van der Waals surface area (Å²) in [7, 11) is 0. The monoisotopic (exact) mass is 268 g/mol. The predicted molar refractivity (Wildman–Crippen MR) is 69.5 cm³/mol. The molecule has 1 aliphatic rings. The van der Waals surface area contributed by atoms with Crippen molar-refractivity contribution in [2.45, 2.75) is 19.4 Å². The smallest absolute Gasteiger partial charge is 0.231 e. The predicted octanol–water partition coefficient (Wildman–Crippen LogP) is 1.89. The normalized spacial score (nSPS) is 14.6. The Kier molecular flexibility index (Phi) is 5.44. The van der Waals surface area contributed by atoms with E-state index in [0.29, 0.717) is 24.7 Å². The van der Waals surface area contributed by atoms with Crippen LogP contribution in [0.15, 0.2) is 18.2 Å². The molecule has 0 saturated carbocycles. The van der Waals surface area contributed by atoms with Crippen molar-refractivity contribution in [3.8, 4) is 11.5 Å². The molecule has 1 N–H and O–H groups in total. The third kappa shape index (κ3) is 4.09. The van der Waals surface area contributed by atoms with Crippen LogP contribution in [0.25, 0.3) is 0 Å². The van der Waals surface area contributed by atoms with E-state index in [1.807, 2.05) is 6.07 Å². The molecule has 0 spiro atoms. The van der Waals surface area contributed by atoms with E-state index in [1.54, 1.807) is 12.1 Å². The van der Waals surface area contributed by atoms with E-state index >= 15 is 0 Å². The fourth-order valence-corrected chi connectivity index (χ4v) is 1.78. The number of aliphatic hydroxyl groups excluding tert-OH is 1. The molecule has 106 valence electrons. The van der Waals surface area contributed by atoms with Crippen molar-refractivity contribution in [2.75, 3.05) is 33.2 Å². The first-order valence-corrected chi connectivity index (χ1v) is 6.54. The maximum Gasteiger partial charge on any atom is 0.231 e. The molecule has 0 fully saturated rings. The molecule has 0 aromatic heterocycles. The van der Waals surface area contributed by atoms with Gasteiger partial charge in [-0.05, 0) is 24.1 Å².